The Hall–Kier alpha value is -2.24. The molecule has 208 valence electrons. The van der Waals surface area contributed by atoms with Crippen molar-refractivity contribution in [2.24, 2.45) is 0 Å². The third-order valence-corrected chi connectivity index (χ3v) is 8.54. The van der Waals surface area contributed by atoms with Crippen LogP contribution >= 0.6 is 0 Å². The molecule has 0 bridgehead atoms. The summed E-state index contributed by atoms with van der Waals surface area (Å²) in [7, 11) is 0. The molecule has 2 aromatic rings. The Kier molecular flexibility index (Phi) is 5.75. The fraction of sp³-hybridized carbons (Fsp3) is 0.600. The van der Waals surface area contributed by atoms with Crippen LogP contribution in [0.3, 0.4) is 0 Å². The monoisotopic (exact) mass is 536 g/mol. The van der Waals surface area contributed by atoms with Gasteiger partial charge in [0.05, 0.1) is 50.8 Å². The first kappa shape index (κ1) is 24.5. The van der Waals surface area contributed by atoms with Crippen molar-refractivity contribution in [2.75, 3.05) is 62.4 Å². The molecule has 9 heteroatoms. The topological polar surface area (TPSA) is 90.9 Å². The summed E-state index contributed by atoms with van der Waals surface area (Å²) in [5.41, 5.74) is 4.32. The van der Waals surface area contributed by atoms with E-state index in [1.807, 2.05) is 0 Å². The number of nitrogens with zero attached hydrogens (tertiary/aromatic N) is 2. The normalized spacial score (nSPS) is 38.7. The van der Waals surface area contributed by atoms with Gasteiger partial charge in [0.25, 0.3) is 0 Å². The minimum Gasteiger partial charge on any atom is -0.371 e. The maximum Gasteiger partial charge on any atom is 0.225 e. The smallest absolute Gasteiger partial charge is 0.225 e. The van der Waals surface area contributed by atoms with Gasteiger partial charge < -0.3 is 43.0 Å². The Balaban J connectivity index is 0.997. The zero-order chi connectivity index (χ0) is 26.2. The maximum absolute atomic E-state index is 6.79. The molecular weight excluding hydrogens is 500 g/mol. The van der Waals surface area contributed by atoms with E-state index in [1.54, 1.807) is 0 Å². The number of benzene rings is 2. The molecule has 39 heavy (non-hydrogen) atoms. The molecule has 6 heterocycles. The van der Waals surface area contributed by atoms with E-state index in [-0.39, 0.29) is 12.2 Å². The second kappa shape index (κ2) is 9.14. The molecule has 6 aliphatic heterocycles. The molecule has 0 amide bonds. The van der Waals surface area contributed by atoms with Gasteiger partial charge >= 0.3 is 0 Å². The van der Waals surface area contributed by atoms with E-state index in [4.69, 9.17) is 33.2 Å². The summed E-state index contributed by atoms with van der Waals surface area (Å²) in [6.07, 6.45) is 1.14. The Morgan fingerprint density at radius 1 is 0.590 bits per heavy atom. The van der Waals surface area contributed by atoms with Crippen LogP contribution in [0.4, 0.5) is 11.4 Å². The van der Waals surface area contributed by atoms with Crippen molar-refractivity contribution in [3.8, 4) is 0 Å². The van der Waals surface area contributed by atoms with Crippen LogP contribution in [0.2, 0.25) is 0 Å². The molecule has 2 aromatic carbocycles. The second-order valence-corrected chi connectivity index (χ2v) is 11.7. The minimum absolute atomic E-state index is 0.0701. The van der Waals surface area contributed by atoms with Gasteiger partial charge in [0, 0.05) is 48.7 Å². The molecule has 8 rings (SSSR count). The van der Waals surface area contributed by atoms with Crippen LogP contribution in [0.25, 0.3) is 0 Å². The molecule has 0 aliphatic carbocycles. The van der Waals surface area contributed by atoms with Crippen molar-refractivity contribution in [1.29, 1.82) is 0 Å². The molecule has 0 saturated carbocycles. The molecule has 9 nitrogen and oxygen atoms in total. The van der Waals surface area contributed by atoms with Crippen LogP contribution in [-0.2, 0) is 44.7 Å². The third-order valence-electron chi connectivity index (χ3n) is 8.54. The predicted octanol–water partition coefficient (Wildman–Crippen LogP) is 2.75. The number of rotatable bonds is 14. The van der Waals surface area contributed by atoms with Gasteiger partial charge in [-0.25, -0.2) is 0 Å². The van der Waals surface area contributed by atoms with Gasteiger partial charge in [-0.05, 0) is 38.1 Å². The van der Waals surface area contributed by atoms with Gasteiger partial charge in [-0.3, -0.25) is 0 Å². The fourth-order valence-electron chi connectivity index (χ4n) is 5.68. The quantitative estimate of drug-likeness (QED) is 0.338. The zero-order valence-electron chi connectivity index (χ0n) is 22.5. The summed E-state index contributed by atoms with van der Waals surface area (Å²) in [4.78, 5) is 4.71. The predicted molar refractivity (Wildman–Crippen MR) is 142 cm³/mol. The second-order valence-electron chi connectivity index (χ2n) is 11.7. The summed E-state index contributed by atoms with van der Waals surface area (Å²) in [6.45, 7) is 11.0. The van der Waals surface area contributed by atoms with Crippen LogP contribution in [0, 0.1) is 0 Å². The number of ether oxygens (including phenoxy) is 7. The average molecular weight is 537 g/mol. The van der Waals surface area contributed by atoms with Crippen LogP contribution in [0.15, 0.2) is 48.5 Å². The lowest BCUT2D eigenvalue weighted by Gasteiger charge is -2.26. The number of anilines is 2. The number of hydrogen-bond acceptors (Lipinski definition) is 9. The Labute approximate surface area is 228 Å². The average Bonchev–Trinajstić information content (AvgIpc) is 3.74. The van der Waals surface area contributed by atoms with Crippen molar-refractivity contribution in [3.05, 3.63) is 59.7 Å². The molecule has 8 atom stereocenters. The third kappa shape index (κ3) is 5.06. The molecule has 6 saturated heterocycles. The van der Waals surface area contributed by atoms with E-state index >= 15 is 0 Å². The lowest BCUT2D eigenvalue weighted by atomic mass is 10.0. The molecular formula is C30H36N2O7. The van der Waals surface area contributed by atoms with Crippen LogP contribution in [-0.4, -0.2) is 89.2 Å². The SMILES string of the molecule is CC1OC1(OC1(c2ccc(N(CC3CO3)CC3CO3)cc2)OC1C)c1ccc(N(CC2CO2)CC2CO2)cc1. The van der Waals surface area contributed by atoms with Crippen molar-refractivity contribution >= 4 is 11.4 Å². The maximum atomic E-state index is 6.79. The Bertz CT molecular complexity index is 1070. The summed E-state index contributed by atoms with van der Waals surface area (Å²) >= 11 is 0. The van der Waals surface area contributed by atoms with Crippen molar-refractivity contribution < 1.29 is 33.2 Å². The lowest BCUT2D eigenvalue weighted by molar-refractivity contribution is -0.160. The van der Waals surface area contributed by atoms with Crippen LogP contribution in [0.1, 0.15) is 25.0 Å². The highest BCUT2D eigenvalue weighted by Crippen LogP contribution is 2.58. The highest BCUT2D eigenvalue weighted by molar-refractivity contribution is 5.51. The standard InChI is InChI=1S/C30H36N2O7/c1-19-29(37-19,21-3-7-23(8-4-21)31(11-25-15-33-25)12-26-16-34-26)39-30(20(2)38-30)22-5-9-24(10-6-22)32(13-27-17-35-27)14-28-18-36-28/h3-10,19-20,25-28H,11-18H2,1-2H3. The number of epoxide rings is 6. The molecule has 6 aliphatic rings. The van der Waals surface area contributed by atoms with E-state index in [0.717, 1.165) is 75.1 Å². The van der Waals surface area contributed by atoms with Gasteiger partial charge in [-0.15, -0.1) is 0 Å². The first-order chi connectivity index (χ1) is 19.0. The van der Waals surface area contributed by atoms with Crippen LogP contribution in [0.5, 0.6) is 0 Å². The van der Waals surface area contributed by atoms with E-state index < -0.39 is 11.6 Å². The fourth-order valence-corrected chi connectivity index (χ4v) is 5.68. The summed E-state index contributed by atoms with van der Waals surface area (Å²) in [5, 5.41) is 0. The van der Waals surface area contributed by atoms with Gasteiger partial charge in [-0.2, -0.15) is 0 Å². The van der Waals surface area contributed by atoms with Gasteiger partial charge in [0.15, 0.2) is 0 Å². The highest BCUT2D eigenvalue weighted by atomic mass is 16.9. The molecule has 0 spiro atoms. The summed E-state index contributed by atoms with van der Waals surface area (Å²) in [6, 6.07) is 17.1. The minimum atomic E-state index is -0.829. The first-order valence-corrected chi connectivity index (χ1v) is 14.2. The molecule has 0 radical (unpaired) electrons. The Morgan fingerprint density at radius 2 is 0.872 bits per heavy atom. The van der Waals surface area contributed by atoms with E-state index in [2.05, 4.69) is 72.2 Å². The zero-order valence-corrected chi connectivity index (χ0v) is 22.5. The summed E-state index contributed by atoms with van der Waals surface area (Å²) in [5.74, 6) is -1.66. The van der Waals surface area contributed by atoms with Crippen molar-refractivity contribution in [2.45, 2.75) is 62.0 Å². The van der Waals surface area contributed by atoms with Gasteiger partial charge in [0.2, 0.25) is 11.6 Å². The van der Waals surface area contributed by atoms with Gasteiger partial charge in [-0.1, -0.05) is 24.3 Å². The van der Waals surface area contributed by atoms with Crippen molar-refractivity contribution in [1.82, 2.24) is 0 Å². The lowest BCUT2D eigenvalue weighted by Crippen LogP contribution is -2.32. The van der Waals surface area contributed by atoms with E-state index in [9.17, 15) is 0 Å². The summed E-state index contributed by atoms with van der Waals surface area (Å²) < 4.78 is 41.1. The highest BCUT2D eigenvalue weighted by Gasteiger charge is 2.68. The molecule has 6 fully saturated rings. The molecule has 0 N–H and O–H groups in total. The number of hydrogen-bond donors (Lipinski definition) is 0. The van der Waals surface area contributed by atoms with E-state index in [1.165, 1.54) is 0 Å². The molecule has 8 unspecified atom stereocenters. The first-order valence-electron chi connectivity index (χ1n) is 14.2. The van der Waals surface area contributed by atoms with Crippen LogP contribution < -0.4 is 9.80 Å². The largest absolute Gasteiger partial charge is 0.371 e. The van der Waals surface area contributed by atoms with E-state index in [0.29, 0.717) is 24.4 Å². The molecule has 0 aromatic heterocycles. The Morgan fingerprint density at radius 3 is 1.10 bits per heavy atom. The van der Waals surface area contributed by atoms with Gasteiger partial charge in [0.1, 0.15) is 12.2 Å². The van der Waals surface area contributed by atoms with Crippen molar-refractivity contribution in [3.63, 3.8) is 0 Å².